The van der Waals surface area contributed by atoms with Gasteiger partial charge in [-0.25, -0.2) is 18.6 Å². The second-order valence-corrected chi connectivity index (χ2v) is 9.65. The Hall–Kier alpha value is -4.27. The number of imidazole rings is 1. The number of carboxylic acid groups (broad SMARTS) is 1. The Kier molecular flexibility index (Phi) is 8.09. The van der Waals surface area contributed by atoms with Crippen LogP contribution in [0.4, 0.5) is 8.78 Å². The lowest BCUT2D eigenvalue weighted by molar-refractivity contribution is 0.0697. The zero-order valence-corrected chi connectivity index (χ0v) is 22.3. The first-order chi connectivity index (χ1) is 19.3. The van der Waals surface area contributed by atoms with Gasteiger partial charge in [0.15, 0.2) is 0 Å². The van der Waals surface area contributed by atoms with E-state index in [0.717, 1.165) is 5.56 Å². The van der Waals surface area contributed by atoms with Gasteiger partial charge in [-0.15, -0.1) is 0 Å². The molecule has 1 N–H and O–H groups in total. The number of ether oxygens (including phenoxy) is 2. The molecule has 5 rings (SSSR count). The molecule has 0 radical (unpaired) electrons. The molecule has 4 aromatic carbocycles. The Morgan fingerprint density at radius 1 is 0.950 bits per heavy atom. The summed E-state index contributed by atoms with van der Waals surface area (Å²) in [4.78, 5) is 16.1. The third kappa shape index (κ3) is 5.98. The Morgan fingerprint density at radius 3 is 2.48 bits per heavy atom. The first-order valence-electron chi connectivity index (χ1n) is 12.5. The molecule has 1 heterocycles. The second kappa shape index (κ2) is 11.9. The number of nitrogens with zero attached hydrogens (tertiary/aromatic N) is 2. The van der Waals surface area contributed by atoms with Crippen molar-refractivity contribution in [2.45, 2.75) is 19.6 Å². The SMILES string of the molecule is COCCn1c(Cc2ccc(-c3cccc(OCc4ccc(Cl)cc4F)c3)cc2F)nc2ccc(C(=O)O)cc21. The van der Waals surface area contributed by atoms with E-state index in [2.05, 4.69) is 4.98 Å². The van der Waals surface area contributed by atoms with E-state index in [1.807, 2.05) is 16.7 Å². The fourth-order valence-corrected chi connectivity index (χ4v) is 4.64. The highest BCUT2D eigenvalue weighted by Crippen LogP contribution is 2.28. The third-order valence-corrected chi connectivity index (χ3v) is 6.81. The third-order valence-electron chi connectivity index (χ3n) is 6.57. The predicted octanol–water partition coefficient (Wildman–Crippen LogP) is 7.15. The minimum absolute atomic E-state index is 0.0256. The van der Waals surface area contributed by atoms with Crippen LogP contribution in [0.2, 0.25) is 5.02 Å². The van der Waals surface area contributed by atoms with Gasteiger partial charge in [0, 0.05) is 30.7 Å². The summed E-state index contributed by atoms with van der Waals surface area (Å²) in [6.07, 6.45) is 0.211. The molecule has 9 heteroatoms. The Bertz CT molecular complexity index is 1700. The molecule has 1 aromatic heterocycles. The van der Waals surface area contributed by atoms with Crippen LogP contribution in [-0.4, -0.2) is 34.3 Å². The van der Waals surface area contributed by atoms with Crippen molar-refractivity contribution < 1.29 is 28.2 Å². The number of aromatic nitrogens is 2. The summed E-state index contributed by atoms with van der Waals surface area (Å²) in [7, 11) is 1.58. The molecule has 0 aliphatic rings. The van der Waals surface area contributed by atoms with Crippen molar-refractivity contribution in [3.63, 3.8) is 0 Å². The first-order valence-corrected chi connectivity index (χ1v) is 12.9. The molecule has 0 aliphatic heterocycles. The van der Waals surface area contributed by atoms with Gasteiger partial charge >= 0.3 is 5.97 Å². The fourth-order valence-electron chi connectivity index (χ4n) is 4.48. The maximum atomic E-state index is 15.4. The van der Waals surface area contributed by atoms with E-state index < -0.39 is 17.6 Å². The number of fused-ring (bicyclic) bond motifs is 1. The van der Waals surface area contributed by atoms with Crippen molar-refractivity contribution in [2.24, 2.45) is 0 Å². The molecule has 0 bridgehead atoms. The van der Waals surface area contributed by atoms with Crippen molar-refractivity contribution in [1.29, 1.82) is 0 Å². The minimum Gasteiger partial charge on any atom is -0.489 e. The van der Waals surface area contributed by atoms with Gasteiger partial charge in [-0.05, 0) is 65.2 Å². The average Bonchev–Trinajstić information content (AvgIpc) is 3.28. The van der Waals surface area contributed by atoms with Gasteiger partial charge in [0.2, 0.25) is 0 Å². The average molecular weight is 563 g/mol. The van der Waals surface area contributed by atoms with Crippen molar-refractivity contribution in [3.05, 3.63) is 118 Å². The molecular weight excluding hydrogens is 538 g/mol. The van der Waals surface area contributed by atoms with Gasteiger partial charge < -0.3 is 19.1 Å². The van der Waals surface area contributed by atoms with Crippen LogP contribution in [-0.2, 0) is 24.3 Å². The van der Waals surface area contributed by atoms with Gasteiger partial charge in [-0.1, -0.05) is 41.9 Å². The Morgan fingerprint density at radius 2 is 1.73 bits per heavy atom. The van der Waals surface area contributed by atoms with E-state index in [0.29, 0.717) is 57.5 Å². The summed E-state index contributed by atoms with van der Waals surface area (Å²) < 4.78 is 42.3. The van der Waals surface area contributed by atoms with Crippen LogP contribution in [0.5, 0.6) is 5.75 Å². The number of carboxylic acids is 1. The number of rotatable bonds is 10. The molecule has 5 aromatic rings. The van der Waals surface area contributed by atoms with Crippen molar-refractivity contribution in [2.75, 3.05) is 13.7 Å². The molecule has 204 valence electrons. The smallest absolute Gasteiger partial charge is 0.335 e. The van der Waals surface area contributed by atoms with Crippen LogP contribution in [0.15, 0.2) is 78.9 Å². The summed E-state index contributed by atoms with van der Waals surface area (Å²) in [5.41, 5.74) is 3.65. The van der Waals surface area contributed by atoms with Crippen LogP contribution < -0.4 is 4.74 Å². The van der Waals surface area contributed by atoms with Crippen molar-refractivity contribution >= 4 is 28.6 Å². The van der Waals surface area contributed by atoms with Gasteiger partial charge in [0.05, 0.1) is 23.2 Å². The number of halogens is 3. The van der Waals surface area contributed by atoms with Crippen LogP contribution in [0, 0.1) is 11.6 Å². The highest BCUT2D eigenvalue weighted by Gasteiger charge is 2.16. The summed E-state index contributed by atoms with van der Waals surface area (Å²) in [6, 6.07) is 21.3. The monoisotopic (exact) mass is 562 g/mol. The molecule has 6 nitrogen and oxygen atoms in total. The predicted molar refractivity (Wildman–Crippen MR) is 149 cm³/mol. The van der Waals surface area contributed by atoms with E-state index in [1.165, 1.54) is 18.2 Å². The number of hydrogen-bond acceptors (Lipinski definition) is 4. The highest BCUT2D eigenvalue weighted by molar-refractivity contribution is 6.30. The van der Waals surface area contributed by atoms with Crippen LogP contribution in [0.3, 0.4) is 0 Å². The molecule has 0 saturated heterocycles. The molecule has 0 saturated carbocycles. The lowest BCUT2D eigenvalue weighted by Gasteiger charge is -2.11. The molecule has 0 atom stereocenters. The van der Waals surface area contributed by atoms with Gasteiger partial charge in [-0.2, -0.15) is 0 Å². The Balaban J connectivity index is 1.37. The maximum Gasteiger partial charge on any atom is 0.335 e. The minimum atomic E-state index is -1.03. The number of carbonyl (C=O) groups is 1. The zero-order chi connectivity index (χ0) is 28.2. The number of methoxy groups -OCH3 is 1. The van der Waals surface area contributed by atoms with Gasteiger partial charge in [0.25, 0.3) is 0 Å². The summed E-state index contributed by atoms with van der Waals surface area (Å²) in [5, 5.41) is 9.71. The van der Waals surface area contributed by atoms with Gasteiger partial charge in [-0.3, -0.25) is 0 Å². The van der Waals surface area contributed by atoms with E-state index in [-0.39, 0.29) is 18.6 Å². The summed E-state index contributed by atoms with van der Waals surface area (Å²) in [6.45, 7) is 0.857. The zero-order valence-electron chi connectivity index (χ0n) is 21.5. The molecular formula is C31H25ClF2N2O4. The quantitative estimate of drug-likeness (QED) is 0.196. The fraction of sp³-hybridized carbons (Fsp3) is 0.161. The molecule has 0 spiro atoms. The number of benzene rings is 4. The summed E-state index contributed by atoms with van der Waals surface area (Å²) in [5.74, 6) is -0.755. The van der Waals surface area contributed by atoms with Crippen LogP contribution >= 0.6 is 11.6 Å². The normalized spacial score (nSPS) is 11.2. The largest absolute Gasteiger partial charge is 0.489 e. The van der Waals surface area contributed by atoms with Crippen LogP contribution in [0.1, 0.15) is 27.3 Å². The molecule has 0 aliphatic carbocycles. The topological polar surface area (TPSA) is 73.6 Å². The second-order valence-electron chi connectivity index (χ2n) is 9.22. The van der Waals surface area contributed by atoms with Crippen LogP contribution in [0.25, 0.3) is 22.2 Å². The lowest BCUT2D eigenvalue weighted by Crippen LogP contribution is -2.10. The highest BCUT2D eigenvalue weighted by atomic mass is 35.5. The van der Waals surface area contributed by atoms with E-state index in [9.17, 15) is 14.3 Å². The van der Waals surface area contributed by atoms with E-state index in [1.54, 1.807) is 55.6 Å². The van der Waals surface area contributed by atoms with E-state index >= 15 is 4.39 Å². The molecule has 0 fully saturated rings. The summed E-state index contributed by atoms with van der Waals surface area (Å²) >= 11 is 5.81. The van der Waals surface area contributed by atoms with Gasteiger partial charge in [0.1, 0.15) is 29.8 Å². The molecule has 0 unspecified atom stereocenters. The van der Waals surface area contributed by atoms with Crippen molar-refractivity contribution in [3.8, 4) is 16.9 Å². The van der Waals surface area contributed by atoms with Crippen molar-refractivity contribution in [1.82, 2.24) is 9.55 Å². The molecule has 40 heavy (non-hydrogen) atoms. The number of aromatic carboxylic acids is 1. The Labute approximate surface area is 234 Å². The number of hydrogen-bond donors (Lipinski definition) is 1. The lowest BCUT2D eigenvalue weighted by atomic mass is 10.0. The standard InChI is InChI=1S/C31H25ClF2N2O4/c1-39-12-11-36-29-15-22(31(37)38)8-10-28(29)35-30(36)16-21-6-5-20(14-26(21)33)19-3-2-4-25(13-19)40-18-23-7-9-24(32)17-27(23)34/h2-10,13-15,17H,11-12,16,18H2,1H3,(H,37,38). The molecule has 0 amide bonds. The maximum absolute atomic E-state index is 15.4. The first kappa shape index (κ1) is 27.3. The van der Waals surface area contributed by atoms with E-state index in [4.69, 9.17) is 21.1 Å².